The number of nitrogens with one attached hydrogen (secondary N) is 1. The summed E-state index contributed by atoms with van der Waals surface area (Å²) in [4.78, 5) is 12.6. The van der Waals surface area contributed by atoms with Crippen LogP contribution >= 0.6 is 11.3 Å². The van der Waals surface area contributed by atoms with Crippen molar-refractivity contribution in [1.82, 2.24) is 10.2 Å². The van der Waals surface area contributed by atoms with Gasteiger partial charge < -0.3 is 14.2 Å². The van der Waals surface area contributed by atoms with E-state index in [1.165, 1.54) is 37.7 Å². The summed E-state index contributed by atoms with van der Waals surface area (Å²) in [5.41, 5.74) is 1.02. The molecule has 0 saturated heterocycles. The maximum atomic E-state index is 12.6. The van der Waals surface area contributed by atoms with Gasteiger partial charge in [0.05, 0.1) is 33.3 Å². The SMILES string of the molecule is COc1ccc(-c2nnc(NC(=O)CN(c3ccc(OC)cc3OC)S(C)(=O)=O)s2)cc1. The fourth-order valence-corrected chi connectivity index (χ4v) is 4.41. The zero-order valence-corrected chi connectivity index (χ0v) is 19.5. The van der Waals surface area contributed by atoms with Gasteiger partial charge in [-0.2, -0.15) is 0 Å². The Kier molecular flexibility index (Phi) is 7.15. The van der Waals surface area contributed by atoms with E-state index in [1.807, 2.05) is 12.1 Å². The molecule has 0 saturated carbocycles. The van der Waals surface area contributed by atoms with Gasteiger partial charge >= 0.3 is 0 Å². The van der Waals surface area contributed by atoms with Crippen LogP contribution in [0.15, 0.2) is 42.5 Å². The summed E-state index contributed by atoms with van der Waals surface area (Å²) in [5.74, 6) is 0.871. The standard InChI is InChI=1S/C20H22N4O6S2/c1-28-14-7-5-13(6-8-14)19-22-23-20(31-19)21-18(25)12-24(32(4,26)27)16-10-9-15(29-2)11-17(16)30-3/h5-11H,12H2,1-4H3,(H,21,23,25). The third-order valence-corrected chi connectivity index (χ3v) is 6.37. The van der Waals surface area contributed by atoms with Gasteiger partial charge in [-0.05, 0) is 36.4 Å². The molecule has 0 aliphatic rings. The Morgan fingerprint density at radius 3 is 2.25 bits per heavy atom. The minimum Gasteiger partial charge on any atom is -0.497 e. The maximum absolute atomic E-state index is 12.6. The zero-order valence-electron chi connectivity index (χ0n) is 17.9. The summed E-state index contributed by atoms with van der Waals surface area (Å²) in [6, 6.07) is 11.9. The topological polar surface area (TPSA) is 120 Å². The third kappa shape index (κ3) is 5.45. The molecule has 170 valence electrons. The molecule has 0 radical (unpaired) electrons. The Morgan fingerprint density at radius 2 is 1.66 bits per heavy atom. The molecule has 0 aliphatic carbocycles. The van der Waals surface area contributed by atoms with E-state index in [-0.39, 0.29) is 16.6 Å². The van der Waals surface area contributed by atoms with Crippen LogP contribution in [0, 0.1) is 0 Å². The van der Waals surface area contributed by atoms with Crippen molar-refractivity contribution in [3.05, 3.63) is 42.5 Å². The average Bonchev–Trinajstić information content (AvgIpc) is 3.24. The van der Waals surface area contributed by atoms with Gasteiger partial charge in [-0.15, -0.1) is 10.2 Å². The molecule has 0 atom stereocenters. The second-order valence-electron chi connectivity index (χ2n) is 6.50. The van der Waals surface area contributed by atoms with Crippen molar-refractivity contribution < 1.29 is 27.4 Å². The van der Waals surface area contributed by atoms with Crippen molar-refractivity contribution in [3.63, 3.8) is 0 Å². The van der Waals surface area contributed by atoms with Gasteiger partial charge in [-0.1, -0.05) is 11.3 Å². The van der Waals surface area contributed by atoms with Crippen LogP contribution in [0.25, 0.3) is 10.6 Å². The number of nitrogens with zero attached hydrogens (tertiary/aromatic N) is 3. The molecule has 3 rings (SSSR count). The van der Waals surface area contributed by atoms with Crippen LogP contribution < -0.4 is 23.8 Å². The molecule has 0 aliphatic heterocycles. The number of aromatic nitrogens is 2. The van der Waals surface area contributed by atoms with Crippen LogP contribution in [0.1, 0.15) is 0 Å². The fraction of sp³-hybridized carbons (Fsp3) is 0.250. The van der Waals surface area contributed by atoms with Crippen molar-refractivity contribution in [2.75, 3.05) is 43.8 Å². The number of methoxy groups -OCH3 is 3. The van der Waals surface area contributed by atoms with Gasteiger partial charge in [-0.3, -0.25) is 14.4 Å². The molecular formula is C20H22N4O6S2. The monoisotopic (exact) mass is 478 g/mol. The van der Waals surface area contributed by atoms with E-state index in [1.54, 1.807) is 25.3 Å². The van der Waals surface area contributed by atoms with Crippen LogP contribution in [0.4, 0.5) is 10.8 Å². The van der Waals surface area contributed by atoms with Crippen molar-refractivity contribution >= 4 is 38.1 Å². The Morgan fingerprint density at radius 1 is 1.00 bits per heavy atom. The summed E-state index contributed by atoms with van der Waals surface area (Å²) >= 11 is 1.17. The average molecular weight is 479 g/mol. The Labute approximate surface area is 189 Å². The summed E-state index contributed by atoms with van der Waals surface area (Å²) in [7, 11) is 0.672. The molecule has 1 N–H and O–H groups in total. The first-order valence-electron chi connectivity index (χ1n) is 9.22. The lowest BCUT2D eigenvalue weighted by molar-refractivity contribution is -0.114. The molecule has 2 aromatic carbocycles. The molecular weight excluding hydrogens is 456 g/mol. The number of carbonyl (C=O) groups excluding carboxylic acids is 1. The van der Waals surface area contributed by atoms with E-state index in [0.717, 1.165) is 16.1 Å². The molecule has 1 aromatic heterocycles. The number of rotatable bonds is 9. The van der Waals surface area contributed by atoms with Gasteiger partial charge in [0.15, 0.2) is 0 Å². The molecule has 3 aromatic rings. The fourth-order valence-electron chi connectivity index (χ4n) is 2.79. The van der Waals surface area contributed by atoms with Crippen molar-refractivity contribution in [2.45, 2.75) is 0 Å². The first-order valence-corrected chi connectivity index (χ1v) is 11.9. The highest BCUT2D eigenvalue weighted by molar-refractivity contribution is 7.92. The highest BCUT2D eigenvalue weighted by Gasteiger charge is 2.25. The minimum absolute atomic E-state index is 0.210. The summed E-state index contributed by atoms with van der Waals surface area (Å²) in [6.07, 6.45) is 1.01. The van der Waals surface area contributed by atoms with E-state index >= 15 is 0 Å². The van der Waals surface area contributed by atoms with Gasteiger partial charge in [-0.25, -0.2) is 8.42 Å². The normalized spacial score (nSPS) is 11.0. The van der Waals surface area contributed by atoms with Gasteiger partial charge in [0, 0.05) is 11.6 Å². The molecule has 0 fully saturated rings. The number of anilines is 2. The molecule has 0 unspecified atom stereocenters. The second-order valence-corrected chi connectivity index (χ2v) is 9.38. The smallest absolute Gasteiger partial charge is 0.246 e. The van der Waals surface area contributed by atoms with Gasteiger partial charge in [0.2, 0.25) is 21.1 Å². The number of hydrogen-bond donors (Lipinski definition) is 1. The first kappa shape index (κ1) is 23.3. The van der Waals surface area contributed by atoms with E-state index in [4.69, 9.17) is 14.2 Å². The molecule has 10 nitrogen and oxygen atoms in total. The summed E-state index contributed by atoms with van der Waals surface area (Å²) in [6.45, 7) is -0.473. The Hall–Kier alpha value is -3.38. The molecule has 1 amide bonds. The van der Waals surface area contributed by atoms with Crippen molar-refractivity contribution in [1.29, 1.82) is 0 Å². The lowest BCUT2D eigenvalue weighted by Gasteiger charge is -2.23. The highest BCUT2D eigenvalue weighted by atomic mass is 32.2. The summed E-state index contributed by atoms with van der Waals surface area (Å²) < 4.78 is 41.3. The van der Waals surface area contributed by atoms with Crippen LogP contribution in [0.3, 0.4) is 0 Å². The number of hydrogen-bond acceptors (Lipinski definition) is 9. The van der Waals surface area contributed by atoms with E-state index in [0.29, 0.717) is 16.5 Å². The predicted molar refractivity (Wildman–Crippen MR) is 122 cm³/mol. The van der Waals surface area contributed by atoms with Crippen LogP contribution in [0.2, 0.25) is 0 Å². The first-order chi connectivity index (χ1) is 15.2. The maximum Gasteiger partial charge on any atom is 0.246 e. The molecule has 12 heteroatoms. The zero-order chi connectivity index (χ0) is 23.3. The van der Waals surface area contributed by atoms with E-state index < -0.39 is 22.5 Å². The van der Waals surface area contributed by atoms with Gasteiger partial charge in [0.25, 0.3) is 0 Å². The minimum atomic E-state index is -3.79. The quantitative estimate of drug-likeness (QED) is 0.498. The molecule has 0 spiro atoms. The molecule has 1 heterocycles. The number of carbonyl (C=O) groups is 1. The third-order valence-electron chi connectivity index (χ3n) is 4.35. The lowest BCUT2D eigenvalue weighted by Crippen LogP contribution is -2.37. The largest absolute Gasteiger partial charge is 0.497 e. The number of benzene rings is 2. The Bertz CT molecular complexity index is 1200. The highest BCUT2D eigenvalue weighted by Crippen LogP contribution is 2.34. The number of ether oxygens (including phenoxy) is 3. The molecule has 0 bridgehead atoms. The number of sulfonamides is 1. The van der Waals surface area contributed by atoms with E-state index in [9.17, 15) is 13.2 Å². The van der Waals surface area contributed by atoms with Crippen LogP contribution in [-0.4, -0.2) is 58.7 Å². The van der Waals surface area contributed by atoms with Crippen molar-refractivity contribution in [2.24, 2.45) is 0 Å². The van der Waals surface area contributed by atoms with Crippen molar-refractivity contribution in [3.8, 4) is 27.8 Å². The van der Waals surface area contributed by atoms with E-state index in [2.05, 4.69) is 15.5 Å². The second kappa shape index (κ2) is 9.83. The number of amides is 1. The predicted octanol–water partition coefficient (Wildman–Crippen LogP) is 2.64. The molecule has 32 heavy (non-hydrogen) atoms. The summed E-state index contributed by atoms with van der Waals surface area (Å²) in [5, 5.41) is 11.5. The van der Waals surface area contributed by atoms with Crippen LogP contribution in [0.5, 0.6) is 17.2 Å². The van der Waals surface area contributed by atoms with Gasteiger partial charge in [0.1, 0.15) is 28.8 Å². The lowest BCUT2D eigenvalue weighted by atomic mass is 10.2. The van der Waals surface area contributed by atoms with Crippen LogP contribution in [-0.2, 0) is 14.8 Å². The Balaban J connectivity index is 1.78.